The first-order valence-electron chi connectivity index (χ1n) is 5.59. The Balaban J connectivity index is 2.05. The van der Waals surface area contributed by atoms with E-state index >= 15 is 0 Å². The fraction of sp³-hybridized carbons (Fsp3) is 0.364. The second kappa shape index (κ2) is 4.00. The fourth-order valence-corrected chi connectivity index (χ4v) is 2.17. The summed E-state index contributed by atoms with van der Waals surface area (Å²) in [6.45, 7) is 0. The van der Waals surface area contributed by atoms with Gasteiger partial charge in [-0.2, -0.15) is 0 Å². The first kappa shape index (κ1) is 10.5. The molecular formula is C11H12ClN5. The Hall–Kier alpha value is -1.62. The van der Waals surface area contributed by atoms with Crippen LogP contribution >= 0.6 is 11.6 Å². The van der Waals surface area contributed by atoms with Crippen molar-refractivity contribution in [1.29, 1.82) is 0 Å². The molecule has 0 unspecified atom stereocenters. The fourth-order valence-electron chi connectivity index (χ4n) is 1.99. The van der Waals surface area contributed by atoms with Gasteiger partial charge in [-0.15, -0.1) is 5.10 Å². The maximum absolute atomic E-state index is 5.95. The molecule has 1 aromatic heterocycles. The van der Waals surface area contributed by atoms with E-state index < -0.39 is 0 Å². The van der Waals surface area contributed by atoms with Crippen molar-refractivity contribution in [3.63, 3.8) is 0 Å². The Morgan fingerprint density at radius 2 is 2.18 bits per heavy atom. The Labute approximate surface area is 104 Å². The van der Waals surface area contributed by atoms with Crippen LogP contribution in [0.1, 0.15) is 25.3 Å². The molecule has 0 saturated heterocycles. The average molecular weight is 250 g/mol. The number of aromatic nitrogens is 4. The molecule has 0 aliphatic heterocycles. The third-order valence-electron chi connectivity index (χ3n) is 3.17. The second-order valence-electron chi connectivity index (χ2n) is 4.26. The average Bonchev–Trinajstić information content (AvgIpc) is 2.64. The van der Waals surface area contributed by atoms with Gasteiger partial charge in [-0.25, -0.2) is 4.68 Å². The smallest absolute Gasteiger partial charge is 0.184 e. The van der Waals surface area contributed by atoms with Gasteiger partial charge in [0.1, 0.15) is 0 Å². The zero-order chi connectivity index (χ0) is 11.8. The van der Waals surface area contributed by atoms with Crippen molar-refractivity contribution in [1.82, 2.24) is 20.2 Å². The number of nitrogen functional groups attached to an aromatic ring is 1. The number of tetrazole rings is 1. The number of hydrogen-bond donors (Lipinski definition) is 1. The molecule has 17 heavy (non-hydrogen) atoms. The van der Waals surface area contributed by atoms with Gasteiger partial charge in [0, 0.05) is 16.3 Å². The van der Waals surface area contributed by atoms with Crippen LogP contribution in [-0.2, 0) is 0 Å². The largest absolute Gasteiger partial charge is 0.398 e. The van der Waals surface area contributed by atoms with E-state index in [1.807, 2.05) is 10.7 Å². The van der Waals surface area contributed by atoms with Crippen molar-refractivity contribution in [2.24, 2.45) is 0 Å². The summed E-state index contributed by atoms with van der Waals surface area (Å²) >= 11 is 5.88. The zero-order valence-corrected chi connectivity index (χ0v) is 9.93. The molecule has 2 aromatic rings. The lowest BCUT2D eigenvalue weighted by Gasteiger charge is -2.25. The van der Waals surface area contributed by atoms with E-state index in [9.17, 15) is 0 Å². The predicted molar refractivity (Wildman–Crippen MR) is 65.6 cm³/mol. The first-order chi connectivity index (χ1) is 8.25. The summed E-state index contributed by atoms with van der Waals surface area (Å²) in [4.78, 5) is 0. The summed E-state index contributed by atoms with van der Waals surface area (Å²) < 4.78 is 1.86. The third-order valence-corrected chi connectivity index (χ3v) is 3.40. The summed E-state index contributed by atoms with van der Waals surface area (Å²) in [5.74, 6) is 0.726. The zero-order valence-electron chi connectivity index (χ0n) is 9.17. The van der Waals surface area contributed by atoms with Gasteiger partial charge in [0.2, 0.25) is 0 Å². The van der Waals surface area contributed by atoms with Crippen LogP contribution in [0.5, 0.6) is 0 Å². The molecule has 2 N–H and O–H groups in total. The van der Waals surface area contributed by atoms with Crippen LogP contribution < -0.4 is 5.73 Å². The standard InChI is InChI=1S/C11H12ClN5/c12-7-4-5-9(10(13)6-7)11-14-15-16-17(11)8-2-1-3-8/h4-6,8H,1-3,13H2. The molecule has 0 spiro atoms. The number of hydrogen-bond acceptors (Lipinski definition) is 4. The third kappa shape index (κ3) is 1.76. The number of nitrogens with two attached hydrogens (primary N) is 1. The summed E-state index contributed by atoms with van der Waals surface area (Å²) in [7, 11) is 0. The minimum atomic E-state index is 0.412. The van der Waals surface area contributed by atoms with Crippen LogP contribution in [0.2, 0.25) is 5.02 Å². The topological polar surface area (TPSA) is 69.6 Å². The molecule has 0 atom stereocenters. The number of nitrogens with zero attached hydrogens (tertiary/aromatic N) is 4. The molecule has 5 nitrogen and oxygen atoms in total. The highest BCUT2D eigenvalue weighted by Crippen LogP contribution is 2.35. The van der Waals surface area contributed by atoms with Crippen LogP contribution in [0.4, 0.5) is 5.69 Å². The van der Waals surface area contributed by atoms with Crippen LogP contribution in [0.25, 0.3) is 11.4 Å². The van der Waals surface area contributed by atoms with Crippen molar-refractivity contribution in [3.8, 4) is 11.4 Å². The lowest BCUT2D eigenvalue weighted by molar-refractivity contribution is 0.287. The molecule has 0 bridgehead atoms. The van der Waals surface area contributed by atoms with Gasteiger partial charge in [-0.1, -0.05) is 11.6 Å². The Morgan fingerprint density at radius 1 is 1.35 bits per heavy atom. The van der Waals surface area contributed by atoms with Gasteiger partial charge < -0.3 is 5.73 Å². The Kier molecular flexibility index (Phi) is 2.48. The van der Waals surface area contributed by atoms with Gasteiger partial charge in [0.25, 0.3) is 0 Å². The number of benzene rings is 1. The van der Waals surface area contributed by atoms with Crippen LogP contribution in [-0.4, -0.2) is 20.2 Å². The van der Waals surface area contributed by atoms with E-state index in [0.717, 1.165) is 24.2 Å². The van der Waals surface area contributed by atoms with E-state index in [0.29, 0.717) is 16.8 Å². The minimum Gasteiger partial charge on any atom is -0.398 e. The molecule has 1 fully saturated rings. The maximum Gasteiger partial charge on any atom is 0.184 e. The molecular weight excluding hydrogens is 238 g/mol. The minimum absolute atomic E-state index is 0.412. The second-order valence-corrected chi connectivity index (χ2v) is 4.70. The van der Waals surface area contributed by atoms with Crippen LogP contribution in [0.15, 0.2) is 18.2 Å². The van der Waals surface area contributed by atoms with Crippen molar-refractivity contribution in [2.45, 2.75) is 25.3 Å². The van der Waals surface area contributed by atoms with Crippen LogP contribution in [0.3, 0.4) is 0 Å². The lowest BCUT2D eigenvalue weighted by atomic mass is 9.93. The van der Waals surface area contributed by atoms with E-state index in [4.69, 9.17) is 17.3 Å². The SMILES string of the molecule is Nc1cc(Cl)ccc1-c1nnnn1C1CCC1. The summed E-state index contributed by atoms with van der Waals surface area (Å²) in [5, 5.41) is 12.5. The molecule has 0 radical (unpaired) electrons. The van der Waals surface area contributed by atoms with Crippen molar-refractivity contribution in [3.05, 3.63) is 23.2 Å². The monoisotopic (exact) mass is 249 g/mol. The van der Waals surface area contributed by atoms with Gasteiger partial charge in [0.15, 0.2) is 5.82 Å². The molecule has 1 heterocycles. The van der Waals surface area contributed by atoms with Gasteiger partial charge >= 0.3 is 0 Å². The highest BCUT2D eigenvalue weighted by Gasteiger charge is 2.24. The molecule has 1 aliphatic rings. The maximum atomic E-state index is 5.95. The van der Waals surface area contributed by atoms with Crippen molar-refractivity contribution < 1.29 is 0 Å². The van der Waals surface area contributed by atoms with Gasteiger partial charge in [-0.3, -0.25) is 0 Å². The molecule has 1 aromatic carbocycles. The molecule has 1 saturated carbocycles. The van der Waals surface area contributed by atoms with Crippen molar-refractivity contribution >= 4 is 17.3 Å². The molecule has 0 amide bonds. The van der Waals surface area contributed by atoms with E-state index in [1.54, 1.807) is 12.1 Å². The van der Waals surface area contributed by atoms with E-state index in [-0.39, 0.29) is 0 Å². The molecule has 3 rings (SSSR count). The number of anilines is 1. The lowest BCUT2D eigenvalue weighted by Crippen LogP contribution is -2.19. The highest BCUT2D eigenvalue weighted by atomic mass is 35.5. The van der Waals surface area contributed by atoms with E-state index in [2.05, 4.69) is 15.5 Å². The van der Waals surface area contributed by atoms with Gasteiger partial charge in [0.05, 0.1) is 6.04 Å². The molecule has 1 aliphatic carbocycles. The quantitative estimate of drug-likeness (QED) is 0.829. The summed E-state index contributed by atoms with van der Waals surface area (Å²) in [6, 6.07) is 5.79. The Bertz CT molecular complexity index is 547. The summed E-state index contributed by atoms with van der Waals surface area (Å²) in [5.41, 5.74) is 7.39. The van der Waals surface area contributed by atoms with E-state index in [1.165, 1.54) is 6.42 Å². The normalized spacial score (nSPS) is 15.8. The molecule has 88 valence electrons. The first-order valence-corrected chi connectivity index (χ1v) is 5.97. The van der Waals surface area contributed by atoms with Gasteiger partial charge in [-0.05, 0) is 47.9 Å². The predicted octanol–water partition coefficient (Wildman–Crippen LogP) is 2.30. The Morgan fingerprint density at radius 3 is 2.82 bits per heavy atom. The number of halogens is 1. The number of rotatable bonds is 2. The highest BCUT2D eigenvalue weighted by molar-refractivity contribution is 6.31. The molecule has 6 heteroatoms. The van der Waals surface area contributed by atoms with Crippen molar-refractivity contribution in [2.75, 3.05) is 5.73 Å². The summed E-state index contributed by atoms with van der Waals surface area (Å²) in [6.07, 6.45) is 3.50. The van der Waals surface area contributed by atoms with Crippen LogP contribution in [0, 0.1) is 0 Å².